The number of benzene rings is 1. The van der Waals surface area contributed by atoms with Crippen molar-refractivity contribution in [3.8, 4) is 5.75 Å². The zero-order valence-corrected chi connectivity index (χ0v) is 12.5. The molecular formula is C15H20N2O4. The van der Waals surface area contributed by atoms with Gasteiger partial charge in [-0.25, -0.2) is 9.59 Å². The zero-order chi connectivity index (χ0) is 15.6. The normalized spacial score (nSPS) is 14.3. The van der Waals surface area contributed by atoms with Crippen molar-refractivity contribution in [2.45, 2.75) is 39.3 Å². The van der Waals surface area contributed by atoms with E-state index in [4.69, 9.17) is 15.2 Å². The van der Waals surface area contributed by atoms with Crippen LogP contribution in [0.3, 0.4) is 0 Å². The molecule has 114 valence electrons. The highest BCUT2D eigenvalue weighted by atomic mass is 16.6. The smallest absolute Gasteiger partial charge is 0.410 e. The molecule has 0 aliphatic carbocycles. The Balaban J connectivity index is 2.11. The first-order valence-electron chi connectivity index (χ1n) is 6.81. The van der Waals surface area contributed by atoms with Gasteiger partial charge in [0, 0.05) is 13.1 Å². The van der Waals surface area contributed by atoms with Crippen molar-refractivity contribution < 1.29 is 19.1 Å². The fourth-order valence-electron chi connectivity index (χ4n) is 2.20. The average Bonchev–Trinajstić information content (AvgIpc) is 2.35. The summed E-state index contributed by atoms with van der Waals surface area (Å²) in [4.78, 5) is 24.5. The van der Waals surface area contributed by atoms with Gasteiger partial charge in [0.05, 0.1) is 0 Å². The SMILES string of the molecule is CC(C)(C)OC(=O)N1CCc2ccc(OC(N)=O)cc2C1. The predicted octanol–water partition coefficient (Wildman–Crippen LogP) is 2.44. The molecule has 1 aliphatic rings. The van der Waals surface area contributed by atoms with Gasteiger partial charge in [-0.15, -0.1) is 0 Å². The number of hydrogen-bond donors (Lipinski definition) is 1. The van der Waals surface area contributed by atoms with Gasteiger partial charge in [-0.2, -0.15) is 0 Å². The summed E-state index contributed by atoms with van der Waals surface area (Å²) in [6, 6.07) is 5.32. The number of carbonyl (C=O) groups excluding carboxylic acids is 2. The summed E-state index contributed by atoms with van der Waals surface area (Å²) in [5.41, 5.74) is 6.55. The lowest BCUT2D eigenvalue weighted by molar-refractivity contribution is 0.0223. The van der Waals surface area contributed by atoms with Crippen LogP contribution in [0.4, 0.5) is 9.59 Å². The van der Waals surface area contributed by atoms with E-state index in [-0.39, 0.29) is 6.09 Å². The van der Waals surface area contributed by atoms with E-state index in [1.807, 2.05) is 26.8 Å². The Morgan fingerprint density at radius 1 is 1.24 bits per heavy atom. The summed E-state index contributed by atoms with van der Waals surface area (Å²) in [6.45, 7) is 6.54. The first kappa shape index (κ1) is 15.2. The summed E-state index contributed by atoms with van der Waals surface area (Å²) < 4.78 is 10.2. The van der Waals surface area contributed by atoms with Crippen LogP contribution in [0.1, 0.15) is 31.9 Å². The van der Waals surface area contributed by atoms with Crippen molar-refractivity contribution in [3.63, 3.8) is 0 Å². The van der Waals surface area contributed by atoms with Gasteiger partial charge in [0.25, 0.3) is 0 Å². The van der Waals surface area contributed by atoms with E-state index in [9.17, 15) is 9.59 Å². The topological polar surface area (TPSA) is 81.9 Å². The van der Waals surface area contributed by atoms with E-state index in [2.05, 4.69) is 0 Å². The Morgan fingerprint density at radius 2 is 1.95 bits per heavy atom. The average molecular weight is 292 g/mol. The van der Waals surface area contributed by atoms with Gasteiger partial charge in [0.15, 0.2) is 0 Å². The number of primary amides is 1. The Hall–Kier alpha value is -2.24. The second kappa shape index (κ2) is 5.63. The third kappa shape index (κ3) is 4.11. The summed E-state index contributed by atoms with van der Waals surface area (Å²) in [6.07, 6.45) is -0.449. The molecule has 1 aromatic carbocycles. The summed E-state index contributed by atoms with van der Waals surface area (Å²) in [7, 11) is 0. The predicted molar refractivity (Wildman–Crippen MR) is 77.0 cm³/mol. The van der Waals surface area contributed by atoms with E-state index < -0.39 is 11.7 Å². The number of amides is 2. The maximum absolute atomic E-state index is 12.1. The monoisotopic (exact) mass is 292 g/mol. The number of ether oxygens (including phenoxy) is 2. The van der Waals surface area contributed by atoms with Gasteiger partial charge in [-0.3, -0.25) is 0 Å². The molecule has 2 N–H and O–H groups in total. The van der Waals surface area contributed by atoms with Crippen LogP contribution in [-0.4, -0.2) is 29.2 Å². The zero-order valence-electron chi connectivity index (χ0n) is 12.5. The second-order valence-electron chi connectivity index (χ2n) is 6.00. The fraction of sp³-hybridized carbons (Fsp3) is 0.467. The van der Waals surface area contributed by atoms with E-state index in [0.717, 1.165) is 17.5 Å². The first-order chi connectivity index (χ1) is 9.74. The van der Waals surface area contributed by atoms with Gasteiger partial charge in [-0.1, -0.05) is 6.07 Å². The highest BCUT2D eigenvalue weighted by molar-refractivity contribution is 5.69. The second-order valence-corrected chi connectivity index (χ2v) is 6.00. The van der Waals surface area contributed by atoms with Gasteiger partial charge in [0.1, 0.15) is 11.4 Å². The molecule has 0 saturated carbocycles. The third-order valence-corrected chi connectivity index (χ3v) is 3.06. The molecule has 1 aromatic rings. The molecule has 0 radical (unpaired) electrons. The molecule has 1 aliphatic heterocycles. The molecule has 0 atom stereocenters. The quantitative estimate of drug-likeness (QED) is 0.862. The van der Waals surface area contributed by atoms with Crippen molar-refractivity contribution in [2.75, 3.05) is 6.54 Å². The lowest BCUT2D eigenvalue weighted by Crippen LogP contribution is -2.39. The number of hydrogen-bond acceptors (Lipinski definition) is 4. The first-order valence-corrected chi connectivity index (χ1v) is 6.81. The van der Waals surface area contributed by atoms with Gasteiger partial charge < -0.3 is 20.1 Å². The van der Waals surface area contributed by atoms with Crippen LogP contribution >= 0.6 is 0 Å². The lowest BCUT2D eigenvalue weighted by atomic mass is 10.00. The molecule has 2 rings (SSSR count). The molecule has 0 aromatic heterocycles. The van der Waals surface area contributed by atoms with Crippen LogP contribution in [0.2, 0.25) is 0 Å². The fourth-order valence-corrected chi connectivity index (χ4v) is 2.20. The number of carbonyl (C=O) groups is 2. The number of fused-ring (bicyclic) bond motifs is 1. The molecule has 6 nitrogen and oxygen atoms in total. The molecule has 0 saturated heterocycles. The van der Waals surface area contributed by atoms with Gasteiger partial charge in [0.2, 0.25) is 0 Å². The van der Waals surface area contributed by atoms with Crippen molar-refractivity contribution in [1.29, 1.82) is 0 Å². The maximum atomic E-state index is 12.1. The standard InChI is InChI=1S/C15H20N2O4/c1-15(2,3)21-14(19)17-7-6-10-4-5-12(20-13(16)18)8-11(10)9-17/h4-5,8H,6-7,9H2,1-3H3,(H2,16,18). The Kier molecular flexibility index (Phi) is 4.06. The molecule has 0 fully saturated rings. The Morgan fingerprint density at radius 3 is 2.57 bits per heavy atom. The molecule has 0 unspecified atom stereocenters. The van der Waals surface area contributed by atoms with Crippen LogP contribution < -0.4 is 10.5 Å². The van der Waals surface area contributed by atoms with E-state index in [0.29, 0.717) is 18.8 Å². The highest BCUT2D eigenvalue weighted by Crippen LogP contribution is 2.25. The summed E-state index contributed by atoms with van der Waals surface area (Å²) in [5.74, 6) is 0.382. The van der Waals surface area contributed by atoms with Crippen LogP contribution in [0.25, 0.3) is 0 Å². The third-order valence-electron chi connectivity index (χ3n) is 3.06. The molecule has 0 spiro atoms. The van der Waals surface area contributed by atoms with E-state index in [1.54, 1.807) is 17.0 Å². The van der Waals surface area contributed by atoms with Crippen molar-refractivity contribution in [1.82, 2.24) is 4.90 Å². The highest BCUT2D eigenvalue weighted by Gasteiger charge is 2.25. The molecule has 21 heavy (non-hydrogen) atoms. The number of rotatable bonds is 1. The number of nitrogens with zero attached hydrogens (tertiary/aromatic N) is 1. The van der Waals surface area contributed by atoms with Crippen LogP contribution in [0.15, 0.2) is 18.2 Å². The molecule has 2 amide bonds. The van der Waals surface area contributed by atoms with Crippen LogP contribution in [-0.2, 0) is 17.7 Å². The lowest BCUT2D eigenvalue weighted by Gasteiger charge is -2.31. The summed E-state index contributed by atoms with van der Waals surface area (Å²) in [5, 5.41) is 0. The van der Waals surface area contributed by atoms with Crippen LogP contribution in [0.5, 0.6) is 5.75 Å². The van der Waals surface area contributed by atoms with Crippen molar-refractivity contribution >= 4 is 12.2 Å². The van der Waals surface area contributed by atoms with Gasteiger partial charge >= 0.3 is 12.2 Å². The minimum Gasteiger partial charge on any atom is -0.444 e. The Bertz CT molecular complexity index is 563. The maximum Gasteiger partial charge on any atom is 0.410 e. The van der Waals surface area contributed by atoms with E-state index in [1.165, 1.54) is 0 Å². The van der Waals surface area contributed by atoms with Crippen molar-refractivity contribution in [2.24, 2.45) is 5.73 Å². The Labute approximate surface area is 123 Å². The molecule has 6 heteroatoms. The summed E-state index contributed by atoms with van der Waals surface area (Å²) >= 11 is 0. The molecule has 1 heterocycles. The molecule has 0 bridgehead atoms. The minimum absolute atomic E-state index is 0.339. The van der Waals surface area contributed by atoms with Crippen LogP contribution in [0, 0.1) is 0 Å². The van der Waals surface area contributed by atoms with Gasteiger partial charge in [-0.05, 0) is 50.5 Å². The van der Waals surface area contributed by atoms with Crippen molar-refractivity contribution in [3.05, 3.63) is 29.3 Å². The van der Waals surface area contributed by atoms with E-state index >= 15 is 0 Å². The molecular weight excluding hydrogens is 272 g/mol. The minimum atomic E-state index is -0.852. The number of nitrogens with two attached hydrogens (primary N) is 1. The largest absolute Gasteiger partial charge is 0.444 e.